The van der Waals surface area contributed by atoms with Gasteiger partial charge in [-0.1, -0.05) is 18.2 Å². The van der Waals surface area contributed by atoms with Crippen molar-refractivity contribution in [1.29, 1.82) is 0 Å². The summed E-state index contributed by atoms with van der Waals surface area (Å²) in [6.45, 7) is 1.89. The molecule has 0 saturated heterocycles. The lowest BCUT2D eigenvalue weighted by Crippen LogP contribution is -2.30. The zero-order chi connectivity index (χ0) is 17.2. The van der Waals surface area contributed by atoms with Crippen molar-refractivity contribution in [1.82, 2.24) is 10.2 Å². The van der Waals surface area contributed by atoms with E-state index in [-0.39, 0.29) is 0 Å². The smallest absolute Gasteiger partial charge is 0.170 e. The predicted molar refractivity (Wildman–Crippen MR) is 104 cm³/mol. The Morgan fingerprint density at radius 3 is 2.21 bits per heavy atom. The number of thiocarbonyl (C=S) groups is 1. The standard InChI is InChI=1S/C18H23N5S/c1-23(2)14-6-13-19-18(24)20-15-9-11-17(12-10-15)22-21-16-7-4-3-5-8-16/h3-5,7-12H,6,13-14H2,1-2H3,(H2,19,20,24). The van der Waals surface area contributed by atoms with E-state index in [4.69, 9.17) is 12.2 Å². The fourth-order valence-corrected chi connectivity index (χ4v) is 2.21. The van der Waals surface area contributed by atoms with Gasteiger partial charge in [0.05, 0.1) is 11.4 Å². The minimum absolute atomic E-state index is 0.632. The second kappa shape index (κ2) is 9.75. The Labute approximate surface area is 148 Å². The average Bonchev–Trinajstić information content (AvgIpc) is 2.59. The van der Waals surface area contributed by atoms with Gasteiger partial charge in [-0.25, -0.2) is 0 Å². The monoisotopic (exact) mass is 341 g/mol. The van der Waals surface area contributed by atoms with E-state index in [9.17, 15) is 0 Å². The molecule has 6 heteroatoms. The van der Waals surface area contributed by atoms with Crippen LogP contribution < -0.4 is 10.6 Å². The molecular formula is C18H23N5S. The summed E-state index contributed by atoms with van der Waals surface area (Å²) in [7, 11) is 4.13. The number of benzene rings is 2. The summed E-state index contributed by atoms with van der Waals surface area (Å²) in [5.74, 6) is 0. The number of azo groups is 1. The van der Waals surface area contributed by atoms with Gasteiger partial charge < -0.3 is 15.5 Å². The van der Waals surface area contributed by atoms with E-state index in [1.807, 2.05) is 54.6 Å². The molecule has 2 rings (SSSR count). The van der Waals surface area contributed by atoms with E-state index < -0.39 is 0 Å². The average molecular weight is 341 g/mol. The molecule has 0 saturated carbocycles. The van der Waals surface area contributed by atoms with E-state index in [1.165, 1.54) is 0 Å². The molecule has 0 spiro atoms. The van der Waals surface area contributed by atoms with Crippen molar-refractivity contribution in [2.75, 3.05) is 32.5 Å². The molecule has 0 unspecified atom stereocenters. The van der Waals surface area contributed by atoms with Gasteiger partial charge in [-0.2, -0.15) is 10.2 Å². The Morgan fingerprint density at radius 2 is 1.58 bits per heavy atom. The van der Waals surface area contributed by atoms with Gasteiger partial charge in [-0.05, 0) is 75.7 Å². The lowest BCUT2D eigenvalue weighted by atomic mass is 10.3. The third kappa shape index (κ3) is 6.85. The van der Waals surface area contributed by atoms with Crippen molar-refractivity contribution in [2.24, 2.45) is 10.2 Å². The molecule has 0 atom stereocenters. The first-order valence-corrected chi connectivity index (χ1v) is 8.31. The molecule has 126 valence electrons. The number of nitrogens with one attached hydrogen (secondary N) is 2. The molecule has 0 heterocycles. The summed E-state index contributed by atoms with van der Waals surface area (Å²) in [6.07, 6.45) is 1.05. The van der Waals surface area contributed by atoms with E-state index in [0.29, 0.717) is 5.11 Å². The summed E-state index contributed by atoms with van der Waals surface area (Å²) in [5, 5.41) is 15.4. The number of nitrogens with zero attached hydrogens (tertiary/aromatic N) is 3. The molecule has 0 bridgehead atoms. The van der Waals surface area contributed by atoms with Crippen LogP contribution in [0.25, 0.3) is 0 Å². The van der Waals surface area contributed by atoms with Crippen molar-refractivity contribution in [3.05, 3.63) is 54.6 Å². The largest absolute Gasteiger partial charge is 0.362 e. The number of anilines is 1. The minimum atomic E-state index is 0.632. The predicted octanol–water partition coefficient (Wildman–Crippen LogP) is 4.34. The van der Waals surface area contributed by atoms with Crippen LogP contribution in [0.5, 0.6) is 0 Å². The molecule has 2 N–H and O–H groups in total. The summed E-state index contributed by atoms with van der Waals surface area (Å²) >= 11 is 5.29. The Bertz CT molecular complexity index is 653. The van der Waals surface area contributed by atoms with Crippen molar-refractivity contribution >= 4 is 34.4 Å². The molecule has 2 aromatic carbocycles. The Morgan fingerprint density at radius 1 is 0.958 bits per heavy atom. The van der Waals surface area contributed by atoms with E-state index in [0.717, 1.165) is 36.6 Å². The highest BCUT2D eigenvalue weighted by molar-refractivity contribution is 7.80. The maximum absolute atomic E-state index is 5.29. The Hall–Kier alpha value is -2.31. The van der Waals surface area contributed by atoms with Crippen LogP contribution in [0.15, 0.2) is 64.8 Å². The highest BCUT2D eigenvalue weighted by Gasteiger charge is 1.98. The molecule has 0 aliphatic heterocycles. The summed E-state index contributed by atoms with van der Waals surface area (Å²) < 4.78 is 0. The second-order valence-electron chi connectivity index (χ2n) is 5.62. The Balaban J connectivity index is 1.79. The first-order chi connectivity index (χ1) is 11.6. The van der Waals surface area contributed by atoms with Crippen molar-refractivity contribution in [3.63, 3.8) is 0 Å². The van der Waals surface area contributed by atoms with Crippen LogP contribution in [0.2, 0.25) is 0 Å². The second-order valence-corrected chi connectivity index (χ2v) is 6.03. The summed E-state index contributed by atoms with van der Waals surface area (Å²) in [6, 6.07) is 17.4. The third-order valence-corrected chi connectivity index (χ3v) is 3.48. The van der Waals surface area contributed by atoms with Gasteiger partial charge >= 0.3 is 0 Å². The quantitative estimate of drug-likeness (QED) is 0.447. The summed E-state index contributed by atoms with van der Waals surface area (Å²) in [5.41, 5.74) is 2.57. The van der Waals surface area contributed by atoms with Gasteiger partial charge in [-0.3, -0.25) is 0 Å². The van der Waals surface area contributed by atoms with Crippen molar-refractivity contribution in [3.8, 4) is 0 Å². The van der Waals surface area contributed by atoms with Gasteiger partial charge in [-0.15, -0.1) is 0 Å². The SMILES string of the molecule is CN(C)CCCNC(=S)Nc1ccc(N=Nc2ccccc2)cc1. The summed E-state index contributed by atoms with van der Waals surface area (Å²) in [4.78, 5) is 2.15. The van der Waals surface area contributed by atoms with Crippen LogP contribution >= 0.6 is 12.2 Å². The van der Waals surface area contributed by atoms with Gasteiger partial charge in [0.15, 0.2) is 5.11 Å². The number of hydrogen-bond donors (Lipinski definition) is 2. The zero-order valence-corrected chi connectivity index (χ0v) is 14.9. The molecule has 0 fully saturated rings. The molecular weight excluding hydrogens is 318 g/mol. The topological polar surface area (TPSA) is 52.0 Å². The molecule has 0 aromatic heterocycles. The maximum atomic E-state index is 5.29. The zero-order valence-electron chi connectivity index (χ0n) is 14.1. The van der Waals surface area contributed by atoms with Gasteiger partial charge in [0.25, 0.3) is 0 Å². The first-order valence-electron chi connectivity index (χ1n) is 7.90. The molecule has 0 amide bonds. The van der Waals surface area contributed by atoms with Crippen LogP contribution in [0.1, 0.15) is 6.42 Å². The maximum Gasteiger partial charge on any atom is 0.170 e. The Kier molecular flexibility index (Phi) is 7.32. The van der Waals surface area contributed by atoms with Gasteiger partial charge in [0, 0.05) is 12.2 Å². The van der Waals surface area contributed by atoms with Gasteiger partial charge in [0.2, 0.25) is 0 Å². The van der Waals surface area contributed by atoms with Crippen LogP contribution in [0.3, 0.4) is 0 Å². The molecule has 0 aliphatic rings. The van der Waals surface area contributed by atoms with E-state index in [2.05, 4.69) is 39.9 Å². The fourth-order valence-electron chi connectivity index (χ4n) is 1.99. The minimum Gasteiger partial charge on any atom is -0.362 e. The third-order valence-electron chi connectivity index (χ3n) is 3.23. The normalized spacial score (nSPS) is 11.0. The highest BCUT2D eigenvalue weighted by atomic mass is 32.1. The molecule has 5 nitrogen and oxygen atoms in total. The van der Waals surface area contributed by atoms with Crippen LogP contribution in [0, 0.1) is 0 Å². The molecule has 0 aliphatic carbocycles. The fraction of sp³-hybridized carbons (Fsp3) is 0.278. The molecule has 2 aromatic rings. The van der Waals surface area contributed by atoms with Crippen LogP contribution in [0.4, 0.5) is 17.1 Å². The lowest BCUT2D eigenvalue weighted by molar-refractivity contribution is 0.400. The number of rotatable bonds is 7. The van der Waals surface area contributed by atoms with Crippen LogP contribution in [-0.4, -0.2) is 37.2 Å². The van der Waals surface area contributed by atoms with Crippen molar-refractivity contribution < 1.29 is 0 Å². The number of hydrogen-bond acceptors (Lipinski definition) is 4. The molecule has 24 heavy (non-hydrogen) atoms. The van der Waals surface area contributed by atoms with Gasteiger partial charge in [0.1, 0.15) is 0 Å². The van der Waals surface area contributed by atoms with E-state index >= 15 is 0 Å². The first kappa shape index (κ1) is 18.0. The van der Waals surface area contributed by atoms with Crippen molar-refractivity contribution in [2.45, 2.75) is 6.42 Å². The highest BCUT2D eigenvalue weighted by Crippen LogP contribution is 2.19. The van der Waals surface area contributed by atoms with E-state index in [1.54, 1.807) is 0 Å². The molecule has 0 radical (unpaired) electrons. The van der Waals surface area contributed by atoms with Crippen LogP contribution in [-0.2, 0) is 0 Å². The lowest BCUT2D eigenvalue weighted by Gasteiger charge is -2.12.